The van der Waals surface area contributed by atoms with E-state index in [1.807, 2.05) is 0 Å². The van der Waals surface area contributed by atoms with Gasteiger partial charge in [0.15, 0.2) is 11.5 Å². The summed E-state index contributed by atoms with van der Waals surface area (Å²) in [5.74, 6) is -0.0539. The summed E-state index contributed by atoms with van der Waals surface area (Å²) in [4.78, 5) is -0.169. The number of anilines is 1. The Balaban J connectivity index is 1.93. The maximum Gasteiger partial charge on any atom is 0.586 e. The van der Waals surface area contributed by atoms with E-state index >= 15 is 0 Å². The van der Waals surface area contributed by atoms with Crippen LogP contribution in [0.3, 0.4) is 0 Å². The fourth-order valence-corrected chi connectivity index (χ4v) is 3.45. The number of ether oxygens (including phenoxy) is 4. The molecule has 0 atom stereocenters. The van der Waals surface area contributed by atoms with Gasteiger partial charge in [0.1, 0.15) is 16.4 Å². The van der Waals surface area contributed by atoms with Crippen molar-refractivity contribution in [2.45, 2.75) is 11.2 Å². The third-order valence-corrected chi connectivity index (χ3v) is 4.72. The Morgan fingerprint density at radius 2 is 1.72 bits per heavy atom. The zero-order valence-corrected chi connectivity index (χ0v) is 13.9. The van der Waals surface area contributed by atoms with Crippen molar-refractivity contribution in [3.63, 3.8) is 0 Å². The molecule has 1 N–H and O–H groups in total. The minimum Gasteiger partial charge on any atom is -0.497 e. The molecule has 0 saturated carbocycles. The number of sulfonamides is 1. The van der Waals surface area contributed by atoms with Gasteiger partial charge in [-0.3, -0.25) is 4.72 Å². The summed E-state index contributed by atoms with van der Waals surface area (Å²) in [7, 11) is -1.36. The second-order valence-corrected chi connectivity index (χ2v) is 6.60. The van der Waals surface area contributed by atoms with Crippen molar-refractivity contribution in [1.82, 2.24) is 0 Å². The van der Waals surface area contributed by atoms with Gasteiger partial charge in [0.05, 0.1) is 19.9 Å². The van der Waals surface area contributed by atoms with Crippen molar-refractivity contribution in [1.29, 1.82) is 0 Å². The third kappa shape index (κ3) is 3.38. The smallest absolute Gasteiger partial charge is 0.497 e. The molecule has 10 heteroatoms. The van der Waals surface area contributed by atoms with Crippen LogP contribution < -0.4 is 23.7 Å². The standard InChI is InChI=1S/C15H13F2NO6S/c1-21-10-4-6-12(22-2)14(8-10)25(19,20)18-9-3-5-11-13(7-9)24-15(16,17)23-11/h3-8,18H,1-2H3. The van der Waals surface area contributed by atoms with Gasteiger partial charge in [-0.05, 0) is 24.3 Å². The molecule has 0 bridgehead atoms. The SMILES string of the molecule is COc1ccc(OC)c(S(=O)(=O)Nc2ccc3c(c2)OC(F)(F)O3)c1. The predicted octanol–water partition coefficient (Wildman–Crippen LogP) is 2.83. The molecule has 0 fully saturated rings. The summed E-state index contributed by atoms with van der Waals surface area (Å²) in [5.41, 5.74) is 0.0184. The van der Waals surface area contributed by atoms with Crippen LogP contribution in [0.5, 0.6) is 23.0 Å². The van der Waals surface area contributed by atoms with Crippen LogP contribution in [0.4, 0.5) is 14.5 Å². The molecule has 2 aromatic carbocycles. The van der Waals surface area contributed by atoms with Crippen molar-refractivity contribution in [3.05, 3.63) is 36.4 Å². The molecule has 0 saturated heterocycles. The Morgan fingerprint density at radius 3 is 2.40 bits per heavy atom. The van der Waals surface area contributed by atoms with Gasteiger partial charge in [-0.1, -0.05) is 0 Å². The van der Waals surface area contributed by atoms with Crippen molar-refractivity contribution >= 4 is 15.7 Å². The van der Waals surface area contributed by atoms with Gasteiger partial charge in [-0.25, -0.2) is 8.42 Å². The summed E-state index contributed by atoms with van der Waals surface area (Å²) in [6.07, 6.45) is -3.78. The molecule has 2 aromatic rings. The topological polar surface area (TPSA) is 83.1 Å². The molecule has 0 aliphatic carbocycles. The third-order valence-electron chi connectivity index (χ3n) is 3.31. The molecule has 7 nitrogen and oxygen atoms in total. The molecule has 1 heterocycles. The number of halogens is 2. The molecule has 25 heavy (non-hydrogen) atoms. The van der Waals surface area contributed by atoms with Crippen molar-refractivity contribution < 1.29 is 36.1 Å². The molecule has 0 radical (unpaired) electrons. The Morgan fingerprint density at radius 1 is 1.00 bits per heavy atom. The molecule has 134 valence electrons. The van der Waals surface area contributed by atoms with E-state index in [4.69, 9.17) is 9.47 Å². The molecular weight excluding hydrogens is 360 g/mol. The van der Waals surface area contributed by atoms with Crippen LogP contribution in [0, 0.1) is 0 Å². The summed E-state index contributed by atoms with van der Waals surface area (Å²) < 4.78 is 72.2. The van der Waals surface area contributed by atoms with Gasteiger partial charge in [-0.15, -0.1) is 8.78 Å². The van der Waals surface area contributed by atoms with Gasteiger partial charge in [0, 0.05) is 12.1 Å². The van der Waals surface area contributed by atoms with Crippen molar-refractivity contribution in [2.24, 2.45) is 0 Å². The molecule has 0 amide bonds. The van der Waals surface area contributed by atoms with Crippen molar-refractivity contribution in [2.75, 3.05) is 18.9 Å². The molecule has 0 spiro atoms. The highest BCUT2D eigenvalue weighted by Crippen LogP contribution is 2.42. The zero-order chi connectivity index (χ0) is 18.2. The Kier molecular flexibility index (Phi) is 4.07. The van der Waals surface area contributed by atoms with Gasteiger partial charge in [-0.2, -0.15) is 0 Å². The highest BCUT2D eigenvalue weighted by Gasteiger charge is 2.43. The highest BCUT2D eigenvalue weighted by atomic mass is 32.2. The van der Waals surface area contributed by atoms with Crippen LogP contribution in [0.2, 0.25) is 0 Å². The number of alkyl halides is 2. The first-order valence-corrected chi connectivity index (χ1v) is 8.37. The lowest BCUT2D eigenvalue weighted by Crippen LogP contribution is -2.25. The second-order valence-electron chi connectivity index (χ2n) is 4.95. The van der Waals surface area contributed by atoms with E-state index in [2.05, 4.69) is 14.2 Å². The van der Waals surface area contributed by atoms with Crippen LogP contribution >= 0.6 is 0 Å². The maximum atomic E-state index is 13.0. The van der Waals surface area contributed by atoms with E-state index in [0.717, 1.165) is 6.07 Å². The molecule has 1 aliphatic heterocycles. The van der Waals surface area contributed by atoms with E-state index in [-0.39, 0.29) is 27.8 Å². The fraction of sp³-hybridized carbons (Fsp3) is 0.200. The molecule has 0 unspecified atom stereocenters. The first-order chi connectivity index (χ1) is 11.7. The lowest BCUT2D eigenvalue weighted by atomic mass is 10.3. The van der Waals surface area contributed by atoms with E-state index < -0.39 is 16.3 Å². The predicted molar refractivity (Wildman–Crippen MR) is 83.0 cm³/mol. The average molecular weight is 373 g/mol. The summed E-state index contributed by atoms with van der Waals surface area (Å²) >= 11 is 0. The van der Waals surface area contributed by atoms with Crippen LogP contribution in [0.15, 0.2) is 41.3 Å². The van der Waals surface area contributed by atoms with Crippen LogP contribution in [-0.4, -0.2) is 28.9 Å². The van der Waals surface area contributed by atoms with Crippen LogP contribution in [-0.2, 0) is 10.0 Å². The number of hydrogen-bond donors (Lipinski definition) is 1. The molecule has 1 aliphatic rings. The van der Waals surface area contributed by atoms with Gasteiger partial charge < -0.3 is 18.9 Å². The number of fused-ring (bicyclic) bond motifs is 1. The van der Waals surface area contributed by atoms with Gasteiger partial charge in [0.25, 0.3) is 10.0 Å². The first-order valence-electron chi connectivity index (χ1n) is 6.89. The lowest BCUT2D eigenvalue weighted by Gasteiger charge is -2.13. The van der Waals surface area contributed by atoms with E-state index in [1.54, 1.807) is 6.07 Å². The number of nitrogens with one attached hydrogen (secondary N) is 1. The Bertz CT molecular complexity index is 916. The van der Waals surface area contributed by atoms with Crippen LogP contribution in [0.25, 0.3) is 0 Å². The van der Waals surface area contributed by atoms with E-state index in [0.29, 0.717) is 5.75 Å². The summed E-state index contributed by atoms with van der Waals surface area (Å²) in [6, 6.07) is 7.81. The summed E-state index contributed by atoms with van der Waals surface area (Å²) in [6.45, 7) is 0. The average Bonchev–Trinajstić information content (AvgIpc) is 2.87. The number of methoxy groups -OCH3 is 2. The minimum absolute atomic E-state index is 0.0184. The van der Waals surface area contributed by atoms with E-state index in [9.17, 15) is 17.2 Å². The second kappa shape index (κ2) is 5.96. The number of hydrogen-bond acceptors (Lipinski definition) is 6. The largest absolute Gasteiger partial charge is 0.586 e. The number of benzene rings is 2. The number of rotatable bonds is 5. The van der Waals surface area contributed by atoms with Crippen LogP contribution in [0.1, 0.15) is 0 Å². The minimum atomic E-state index is -4.07. The molecular formula is C15H13F2NO6S. The summed E-state index contributed by atoms with van der Waals surface area (Å²) in [5, 5.41) is 0. The monoisotopic (exact) mass is 373 g/mol. The lowest BCUT2D eigenvalue weighted by molar-refractivity contribution is -0.286. The Labute approximate surface area is 142 Å². The maximum absolute atomic E-state index is 13.0. The quantitative estimate of drug-likeness (QED) is 0.868. The zero-order valence-electron chi connectivity index (χ0n) is 13.1. The van der Waals surface area contributed by atoms with Gasteiger partial charge in [0.2, 0.25) is 0 Å². The molecule has 0 aromatic heterocycles. The molecule has 3 rings (SSSR count). The Hall–Kier alpha value is -2.75. The normalized spacial score (nSPS) is 14.9. The highest BCUT2D eigenvalue weighted by molar-refractivity contribution is 7.92. The first kappa shape index (κ1) is 17.1. The van der Waals surface area contributed by atoms with Crippen molar-refractivity contribution in [3.8, 4) is 23.0 Å². The van der Waals surface area contributed by atoms with Gasteiger partial charge >= 0.3 is 6.29 Å². The van der Waals surface area contributed by atoms with E-state index in [1.165, 1.54) is 38.5 Å². The fourth-order valence-electron chi connectivity index (χ4n) is 2.22.